The van der Waals surface area contributed by atoms with Gasteiger partial charge in [0.15, 0.2) is 6.29 Å². The zero-order valence-electron chi connectivity index (χ0n) is 6.78. The Kier molecular flexibility index (Phi) is 2.97. The number of rotatable bonds is 2. The van der Waals surface area contributed by atoms with E-state index in [2.05, 4.69) is 9.72 Å². The number of hydrogen-bond donors (Lipinski definition) is 0. The number of ether oxygens (including phenoxy) is 1. The smallest absolute Gasteiger partial charge is 0.341 e. The summed E-state index contributed by atoms with van der Waals surface area (Å²) < 4.78 is 4.44. The number of hydrogen-bond acceptors (Lipinski definition) is 4. The minimum Gasteiger partial charge on any atom is -0.465 e. The van der Waals surface area contributed by atoms with Crippen LogP contribution in [0, 0.1) is 0 Å². The van der Waals surface area contributed by atoms with E-state index >= 15 is 0 Å². The second-order valence-electron chi connectivity index (χ2n) is 2.18. The van der Waals surface area contributed by atoms with E-state index in [9.17, 15) is 9.59 Å². The van der Waals surface area contributed by atoms with Crippen LogP contribution in [0.15, 0.2) is 12.1 Å². The zero-order chi connectivity index (χ0) is 9.84. The molecule has 1 aromatic heterocycles. The number of aldehydes is 1. The van der Waals surface area contributed by atoms with Gasteiger partial charge in [-0.2, -0.15) is 0 Å². The topological polar surface area (TPSA) is 56.3 Å². The number of pyridine rings is 1. The molecule has 0 aliphatic carbocycles. The first-order chi connectivity index (χ1) is 6.19. The van der Waals surface area contributed by atoms with Crippen LogP contribution >= 0.6 is 11.6 Å². The number of halogens is 1. The Labute approximate surface area is 79.5 Å². The third-order valence-electron chi connectivity index (χ3n) is 1.40. The van der Waals surface area contributed by atoms with Gasteiger partial charge in [0.1, 0.15) is 10.8 Å². The van der Waals surface area contributed by atoms with Gasteiger partial charge in [-0.15, -0.1) is 0 Å². The highest BCUT2D eigenvalue weighted by Crippen LogP contribution is 2.13. The fourth-order valence-corrected chi connectivity index (χ4v) is 1.01. The Morgan fingerprint density at radius 2 is 2.31 bits per heavy atom. The quantitative estimate of drug-likeness (QED) is 0.410. The molecule has 68 valence electrons. The molecular formula is C8H6ClNO3. The van der Waals surface area contributed by atoms with Crippen LogP contribution in [0.3, 0.4) is 0 Å². The second kappa shape index (κ2) is 4.00. The standard InChI is InChI=1S/C8H6ClNO3/c1-13-8(12)6-3-2-5(4-11)10-7(6)9/h2-4H,1H3. The first-order valence-electron chi connectivity index (χ1n) is 3.39. The van der Waals surface area contributed by atoms with Crippen LogP contribution in [-0.2, 0) is 4.74 Å². The Morgan fingerprint density at radius 3 is 2.77 bits per heavy atom. The largest absolute Gasteiger partial charge is 0.465 e. The fourth-order valence-electron chi connectivity index (χ4n) is 0.776. The van der Waals surface area contributed by atoms with Gasteiger partial charge in [0.05, 0.1) is 12.7 Å². The van der Waals surface area contributed by atoms with Crippen LogP contribution in [0.1, 0.15) is 20.8 Å². The highest BCUT2D eigenvalue weighted by Gasteiger charge is 2.11. The third kappa shape index (κ3) is 2.03. The zero-order valence-corrected chi connectivity index (χ0v) is 7.54. The Bertz CT molecular complexity index is 351. The van der Waals surface area contributed by atoms with Gasteiger partial charge in [-0.25, -0.2) is 9.78 Å². The first-order valence-corrected chi connectivity index (χ1v) is 3.77. The van der Waals surface area contributed by atoms with Crippen LogP contribution < -0.4 is 0 Å². The van der Waals surface area contributed by atoms with Crippen molar-refractivity contribution in [3.05, 3.63) is 28.5 Å². The summed E-state index contributed by atoms with van der Waals surface area (Å²) in [4.78, 5) is 24.9. The second-order valence-corrected chi connectivity index (χ2v) is 2.54. The molecule has 0 unspecified atom stereocenters. The minimum absolute atomic E-state index is 0.0311. The van der Waals surface area contributed by atoms with Crippen molar-refractivity contribution in [3.63, 3.8) is 0 Å². The van der Waals surface area contributed by atoms with E-state index in [1.54, 1.807) is 0 Å². The molecule has 1 aromatic rings. The summed E-state index contributed by atoms with van der Waals surface area (Å²) in [5.74, 6) is -0.574. The maximum Gasteiger partial charge on any atom is 0.341 e. The Hall–Kier alpha value is -1.42. The normalized spacial score (nSPS) is 9.38. The van der Waals surface area contributed by atoms with Crippen LogP contribution in [0.2, 0.25) is 5.15 Å². The highest BCUT2D eigenvalue weighted by molar-refractivity contribution is 6.32. The molecule has 0 amide bonds. The predicted octanol–water partition coefficient (Wildman–Crippen LogP) is 1.33. The van der Waals surface area contributed by atoms with E-state index in [4.69, 9.17) is 11.6 Å². The number of nitrogens with zero attached hydrogens (tertiary/aromatic N) is 1. The lowest BCUT2D eigenvalue weighted by molar-refractivity contribution is 0.0600. The summed E-state index contributed by atoms with van der Waals surface area (Å²) in [6, 6.07) is 2.79. The molecule has 0 spiro atoms. The van der Waals surface area contributed by atoms with Gasteiger partial charge in [-0.3, -0.25) is 4.79 Å². The summed E-state index contributed by atoms with van der Waals surface area (Å²) in [5.41, 5.74) is 0.326. The van der Waals surface area contributed by atoms with Crippen molar-refractivity contribution in [2.45, 2.75) is 0 Å². The van der Waals surface area contributed by atoms with Crippen molar-refractivity contribution < 1.29 is 14.3 Å². The molecule has 0 bridgehead atoms. The molecule has 0 saturated heterocycles. The van der Waals surface area contributed by atoms with Gasteiger partial charge in [0.2, 0.25) is 0 Å². The summed E-state index contributed by atoms with van der Waals surface area (Å²) >= 11 is 5.61. The molecule has 1 heterocycles. The SMILES string of the molecule is COC(=O)c1ccc(C=O)nc1Cl. The maximum absolute atomic E-state index is 11.0. The van der Waals surface area contributed by atoms with Crippen LogP contribution in [0.5, 0.6) is 0 Å². The molecule has 0 aliphatic heterocycles. The predicted molar refractivity (Wildman–Crippen MR) is 46.0 cm³/mol. The van der Waals surface area contributed by atoms with E-state index in [1.165, 1.54) is 19.2 Å². The van der Waals surface area contributed by atoms with Crippen LogP contribution in [0.25, 0.3) is 0 Å². The van der Waals surface area contributed by atoms with E-state index in [0.717, 1.165) is 0 Å². The average molecular weight is 200 g/mol. The highest BCUT2D eigenvalue weighted by atomic mass is 35.5. The molecule has 13 heavy (non-hydrogen) atoms. The lowest BCUT2D eigenvalue weighted by atomic mass is 10.2. The van der Waals surface area contributed by atoms with Gasteiger partial charge >= 0.3 is 5.97 Å². The number of methoxy groups -OCH3 is 1. The molecule has 5 heteroatoms. The molecule has 0 saturated carbocycles. The Morgan fingerprint density at radius 1 is 1.62 bits per heavy atom. The van der Waals surface area contributed by atoms with E-state index in [1.807, 2.05) is 0 Å². The molecule has 0 aromatic carbocycles. The molecule has 0 N–H and O–H groups in total. The van der Waals surface area contributed by atoms with Crippen molar-refractivity contribution in [1.82, 2.24) is 4.98 Å². The molecular weight excluding hydrogens is 194 g/mol. The van der Waals surface area contributed by atoms with E-state index < -0.39 is 5.97 Å². The number of aromatic nitrogens is 1. The van der Waals surface area contributed by atoms with Gasteiger partial charge in [0, 0.05) is 0 Å². The monoisotopic (exact) mass is 199 g/mol. The minimum atomic E-state index is -0.574. The summed E-state index contributed by atoms with van der Waals surface area (Å²) in [5, 5.41) is -0.0311. The molecule has 1 rings (SSSR count). The van der Waals surface area contributed by atoms with Crippen molar-refractivity contribution in [2.24, 2.45) is 0 Å². The van der Waals surface area contributed by atoms with E-state index in [-0.39, 0.29) is 16.4 Å². The van der Waals surface area contributed by atoms with Crippen molar-refractivity contribution in [3.8, 4) is 0 Å². The van der Waals surface area contributed by atoms with Crippen molar-refractivity contribution in [2.75, 3.05) is 7.11 Å². The van der Waals surface area contributed by atoms with Gasteiger partial charge in [0.25, 0.3) is 0 Å². The number of carbonyl (C=O) groups excluding carboxylic acids is 2. The molecule has 0 fully saturated rings. The molecule has 0 atom stereocenters. The van der Waals surface area contributed by atoms with Gasteiger partial charge < -0.3 is 4.74 Å². The fraction of sp³-hybridized carbons (Fsp3) is 0.125. The number of carbonyl (C=O) groups is 2. The van der Waals surface area contributed by atoms with Crippen LogP contribution in [-0.4, -0.2) is 24.3 Å². The summed E-state index contributed by atoms with van der Waals surface area (Å²) in [7, 11) is 1.24. The third-order valence-corrected chi connectivity index (χ3v) is 1.68. The number of esters is 1. The van der Waals surface area contributed by atoms with Gasteiger partial charge in [-0.05, 0) is 12.1 Å². The van der Waals surface area contributed by atoms with Crippen molar-refractivity contribution >= 4 is 23.9 Å². The van der Waals surface area contributed by atoms with Gasteiger partial charge in [-0.1, -0.05) is 11.6 Å². The average Bonchev–Trinajstić information content (AvgIpc) is 2.16. The van der Waals surface area contributed by atoms with Crippen LogP contribution in [0.4, 0.5) is 0 Å². The maximum atomic E-state index is 11.0. The molecule has 4 nitrogen and oxygen atoms in total. The lowest BCUT2D eigenvalue weighted by Gasteiger charge is -2.00. The summed E-state index contributed by atoms with van der Waals surface area (Å²) in [6.07, 6.45) is 0.549. The summed E-state index contributed by atoms with van der Waals surface area (Å²) in [6.45, 7) is 0. The first kappa shape index (κ1) is 9.67. The van der Waals surface area contributed by atoms with Crippen molar-refractivity contribution in [1.29, 1.82) is 0 Å². The lowest BCUT2D eigenvalue weighted by Crippen LogP contribution is -2.04. The molecule has 0 radical (unpaired) electrons. The van der Waals surface area contributed by atoms with E-state index in [0.29, 0.717) is 6.29 Å². The molecule has 0 aliphatic rings. The Balaban J connectivity index is 3.12.